The zero-order valence-electron chi connectivity index (χ0n) is 8.43. The Balaban J connectivity index is 2.72. The zero-order valence-corrected chi connectivity index (χ0v) is 8.43. The number of rotatable bonds is 4. The van der Waals surface area contributed by atoms with Crippen molar-refractivity contribution in [1.82, 2.24) is 0 Å². The van der Waals surface area contributed by atoms with E-state index in [9.17, 15) is 4.79 Å². The predicted octanol–water partition coefficient (Wildman–Crippen LogP) is 0.601. The minimum absolute atomic E-state index is 0.428. The molecule has 15 heavy (non-hydrogen) atoms. The molecular weight excluding hydrogens is 192 g/mol. The molecule has 1 unspecified atom stereocenters. The summed E-state index contributed by atoms with van der Waals surface area (Å²) in [6, 6.07) is 8.99. The second-order valence-corrected chi connectivity index (χ2v) is 3.14. The number of hydrogen-bond donors (Lipinski definition) is 1. The first-order valence-electron chi connectivity index (χ1n) is 4.48. The number of hydrogen-bond acceptors (Lipinski definition) is 3. The Morgan fingerprint density at radius 1 is 1.53 bits per heavy atom. The highest BCUT2D eigenvalue weighted by atomic mass is 16.5. The molecule has 1 amide bonds. The van der Waals surface area contributed by atoms with Crippen molar-refractivity contribution in [2.75, 3.05) is 7.11 Å². The molecule has 2 N–H and O–H groups in total. The summed E-state index contributed by atoms with van der Waals surface area (Å²) in [5, 5.41) is 8.60. The highest BCUT2D eigenvalue weighted by Gasteiger charge is 2.14. The van der Waals surface area contributed by atoms with Crippen molar-refractivity contribution in [3.8, 4) is 6.07 Å². The minimum Gasteiger partial charge on any atom is -0.371 e. The summed E-state index contributed by atoms with van der Waals surface area (Å²) < 4.78 is 4.93. The van der Waals surface area contributed by atoms with E-state index in [1.807, 2.05) is 6.07 Å². The maximum atomic E-state index is 10.9. The van der Waals surface area contributed by atoms with E-state index in [0.29, 0.717) is 12.0 Å². The van der Waals surface area contributed by atoms with Gasteiger partial charge in [0.05, 0.1) is 11.6 Å². The normalized spacial score (nSPS) is 11.7. The van der Waals surface area contributed by atoms with Crippen molar-refractivity contribution in [2.45, 2.75) is 12.5 Å². The van der Waals surface area contributed by atoms with Gasteiger partial charge < -0.3 is 10.5 Å². The van der Waals surface area contributed by atoms with Gasteiger partial charge in [0.1, 0.15) is 6.10 Å². The van der Waals surface area contributed by atoms with Gasteiger partial charge in [-0.05, 0) is 17.7 Å². The van der Waals surface area contributed by atoms with Crippen LogP contribution in [0.2, 0.25) is 0 Å². The second-order valence-electron chi connectivity index (χ2n) is 3.14. The van der Waals surface area contributed by atoms with E-state index in [4.69, 9.17) is 15.7 Å². The summed E-state index contributed by atoms with van der Waals surface area (Å²) >= 11 is 0. The fourth-order valence-corrected chi connectivity index (χ4v) is 1.23. The molecule has 1 aromatic rings. The third kappa shape index (κ3) is 3.08. The van der Waals surface area contributed by atoms with E-state index < -0.39 is 12.0 Å². The highest BCUT2D eigenvalue weighted by Crippen LogP contribution is 2.07. The predicted molar refractivity (Wildman–Crippen MR) is 54.9 cm³/mol. The number of nitriles is 1. The van der Waals surface area contributed by atoms with Crippen molar-refractivity contribution < 1.29 is 9.53 Å². The first-order chi connectivity index (χ1) is 7.17. The molecule has 0 radical (unpaired) electrons. The van der Waals surface area contributed by atoms with Crippen LogP contribution in [0.3, 0.4) is 0 Å². The standard InChI is InChI=1S/C11H12N2O2/c1-15-10(11(13)14)6-8-2-4-9(7-12)5-3-8/h2-5,10H,6H2,1H3,(H2,13,14). The smallest absolute Gasteiger partial charge is 0.246 e. The number of primary amides is 1. The molecule has 0 fully saturated rings. The third-order valence-electron chi connectivity index (χ3n) is 2.11. The molecule has 0 heterocycles. The molecule has 0 saturated carbocycles. The summed E-state index contributed by atoms with van der Waals surface area (Å²) in [7, 11) is 1.44. The third-order valence-corrected chi connectivity index (χ3v) is 2.11. The Morgan fingerprint density at radius 3 is 2.53 bits per heavy atom. The number of ether oxygens (including phenoxy) is 1. The zero-order chi connectivity index (χ0) is 11.3. The lowest BCUT2D eigenvalue weighted by Crippen LogP contribution is -2.32. The topological polar surface area (TPSA) is 76.1 Å². The molecule has 1 aromatic carbocycles. The Kier molecular flexibility index (Phi) is 3.83. The molecule has 0 aliphatic heterocycles. The van der Waals surface area contributed by atoms with E-state index in [1.54, 1.807) is 24.3 Å². The van der Waals surface area contributed by atoms with Crippen LogP contribution < -0.4 is 5.73 Å². The van der Waals surface area contributed by atoms with Gasteiger partial charge in [-0.2, -0.15) is 5.26 Å². The molecule has 0 aliphatic carbocycles. The lowest BCUT2D eigenvalue weighted by Gasteiger charge is -2.10. The lowest BCUT2D eigenvalue weighted by atomic mass is 10.1. The number of amides is 1. The van der Waals surface area contributed by atoms with Crippen molar-refractivity contribution in [1.29, 1.82) is 5.26 Å². The van der Waals surface area contributed by atoms with Gasteiger partial charge in [0.15, 0.2) is 0 Å². The van der Waals surface area contributed by atoms with Gasteiger partial charge >= 0.3 is 0 Å². The number of methoxy groups -OCH3 is 1. The second kappa shape index (κ2) is 5.13. The Hall–Kier alpha value is -1.86. The molecule has 78 valence electrons. The van der Waals surface area contributed by atoms with Crippen molar-refractivity contribution in [3.05, 3.63) is 35.4 Å². The van der Waals surface area contributed by atoms with Crippen LogP contribution in [0.4, 0.5) is 0 Å². The number of carbonyl (C=O) groups excluding carboxylic acids is 1. The fourth-order valence-electron chi connectivity index (χ4n) is 1.23. The average Bonchev–Trinajstić information content (AvgIpc) is 2.26. The fraction of sp³-hybridized carbons (Fsp3) is 0.273. The van der Waals surface area contributed by atoms with Crippen molar-refractivity contribution in [2.24, 2.45) is 5.73 Å². The van der Waals surface area contributed by atoms with Crippen LogP contribution in [-0.2, 0) is 16.0 Å². The van der Waals surface area contributed by atoms with Gasteiger partial charge in [0.2, 0.25) is 5.91 Å². The number of nitrogens with zero attached hydrogens (tertiary/aromatic N) is 1. The van der Waals surface area contributed by atoms with E-state index in [1.165, 1.54) is 7.11 Å². The molecular formula is C11H12N2O2. The van der Waals surface area contributed by atoms with Crippen LogP contribution in [0.5, 0.6) is 0 Å². The number of benzene rings is 1. The van der Waals surface area contributed by atoms with Crippen molar-refractivity contribution in [3.63, 3.8) is 0 Å². The van der Waals surface area contributed by atoms with Gasteiger partial charge in [-0.1, -0.05) is 12.1 Å². The largest absolute Gasteiger partial charge is 0.371 e. The van der Waals surface area contributed by atoms with Crippen LogP contribution in [0.25, 0.3) is 0 Å². The molecule has 1 rings (SSSR count). The molecule has 0 aliphatic rings. The van der Waals surface area contributed by atoms with Gasteiger partial charge in [0, 0.05) is 13.5 Å². The van der Waals surface area contributed by atoms with E-state index in [2.05, 4.69) is 0 Å². The lowest BCUT2D eigenvalue weighted by molar-refractivity contribution is -0.127. The van der Waals surface area contributed by atoms with Crippen LogP contribution in [-0.4, -0.2) is 19.1 Å². The molecule has 4 nitrogen and oxygen atoms in total. The van der Waals surface area contributed by atoms with Crippen LogP contribution in [0.1, 0.15) is 11.1 Å². The molecule has 0 spiro atoms. The van der Waals surface area contributed by atoms with E-state index in [-0.39, 0.29) is 0 Å². The maximum Gasteiger partial charge on any atom is 0.246 e. The average molecular weight is 204 g/mol. The number of nitrogens with two attached hydrogens (primary N) is 1. The Labute approximate surface area is 88.3 Å². The Bertz CT molecular complexity index is 379. The van der Waals surface area contributed by atoms with Crippen LogP contribution in [0, 0.1) is 11.3 Å². The SMILES string of the molecule is COC(Cc1ccc(C#N)cc1)C(N)=O. The van der Waals surface area contributed by atoms with E-state index in [0.717, 1.165) is 5.56 Å². The van der Waals surface area contributed by atoms with E-state index >= 15 is 0 Å². The number of carbonyl (C=O) groups is 1. The summed E-state index contributed by atoms with van der Waals surface area (Å²) in [5.74, 6) is -0.484. The molecule has 1 atom stereocenters. The molecule has 0 aromatic heterocycles. The quantitative estimate of drug-likeness (QED) is 0.780. The molecule has 4 heteroatoms. The molecule has 0 bridgehead atoms. The molecule has 0 saturated heterocycles. The summed E-state index contributed by atoms with van der Waals surface area (Å²) in [4.78, 5) is 10.9. The Morgan fingerprint density at radius 2 is 2.13 bits per heavy atom. The van der Waals surface area contributed by atoms with Crippen molar-refractivity contribution >= 4 is 5.91 Å². The van der Waals surface area contributed by atoms with Gasteiger partial charge in [-0.25, -0.2) is 0 Å². The van der Waals surface area contributed by atoms with Gasteiger partial charge in [-0.15, -0.1) is 0 Å². The monoisotopic (exact) mass is 204 g/mol. The van der Waals surface area contributed by atoms with Gasteiger partial charge in [-0.3, -0.25) is 4.79 Å². The summed E-state index contributed by atoms with van der Waals surface area (Å²) in [5.41, 5.74) is 6.64. The summed E-state index contributed by atoms with van der Waals surface area (Å²) in [6.45, 7) is 0. The van der Waals surface area contributed by atoms with Crippen LogP contribution in [0.15, 0.2) is 24.3 Å². The van der Waals surface area contributed by atoms with Crippen LogP contribution >= 0.6 is 0 Å². The minimum atomic E-state index is -0.613. The highest BCUT2D eigenvalue weighted by molar-refractivity contribution is 5.79. The van der Waals surface area contributed by atoms with Gasteiger partial charge in [0.25, 0.3) is 0 Å². The maximum absolute atomic E-state index is 10.9. The first kappa shape index (κ1) is 11.2. The first-order valence-corrected chi connectivity index (χ1v) is 4.48. The summed E-state index contributed by atoms with van der Waals surface area (Å²) in [6.07, 6.45) is -0.185.